The van der Waals surface area contributed by atoms with Crippen LogP contribution in [0.4, 0.5) is 4.39 Å². The predicted molar refractivity (Wildman–Crippen MR) is 71.7 cm³/mol. The number of rotatable bonds is 6. The summed E-state index contributed by atoms with van der Waals surface area (Å²) in [7, 11) is 0. The van der Waals surface area contributed by atoms with Crippen molar-refractivity contribution in [1.82, 2.24) is 5.32 Å². The quantitative estimate of drug-likeness (QED) is 0.790. The second kappa shape index (κ2) is 6.75. The molecule has 96 valence electrons. The maximum atomic E-state index is 12.9. The lowest BCUT2D eigenvalue weighted by atomic mass is 9.85. The zero-order valence-electron chi connectivity index (χ0n) is 11.3. The van der Waals surface area contributed by atoms with Gasteiger partial charge in [-0.25, -0.2) is 4.39 Å². The largest absolute Gasteiger partial charge is 0.314 e. The van der Waals surface area contributed by atoms with Crippen molar-refractivity contribution < 1.29 is 4.39 Å². The van der Waals surface area contributed by atoms with Crippen LogP contribution in [0.5, 0.6) is 0 Å². The minimum absolute atomic E-state index is 0.159. The first-order valence-electron chi connectivity index (χ1n) is 6.53. The van der Waals surface area contributed by atoms with Gasteiger partial charge in [-0.1, -0.05) is 46.2 Å². The molecule has 1 aromatic rings. The number of hydrogen-bond donors (Lipinski definition) is 1. The molecular formula is C15H24FN. The second-order valence-corrected chi connectivity index (χ2v) is 5.11. The molecule has 0 fully saturated rings. The van der Waals surface area contributed by atoms with Crippen LogP contribution in [0.2, 0.25) is 0 Å². The molecule has 0 saturated carbocycles. The molecule has 0 aliphatic carbocycles. The molecule has 0 amide bonds. The highest BCUT2D eigenvalue weighted by Crippen LogP contribution is 2.26. The van der Waals surface area contributed by atoms with Crippen molar-refractivity contribution in [3.63, 3.8) is 0 Å². The van der Waals surface area contributed by atoms with E-state index >= 15 is 0 Å². The van der Waals surface area contributed by atoms with Crippen molar-refractivity contribution in [2.24, 2.45) is 5.92 Å². The summed E-state index contributed by atoms with van der Waals surface area (Å²) >= 11 is 0. The number of hydrogen-bond acceptors (Lipinski definition) is 1. The van der Waals surface area contributed by atoms with Crippen LogP contribution >= 0.6 is 0 Å². The lowest BCUT2D eigenvalue weighted by molar-refractivity contribution is 0.406. The summed E-state index contributed by atoms with van der Waals surface area (Å²) in [6.45, 7) is 9.72. The molecule has 0 radical (unpaired) electrons. The van der Waals surface area contributed by atoms with Crippen molar-refractivity contribution in [1.29, 1.82) is 0 Å². The average Bonchev–Trinajstić information content (AvgIpc) is 2.30. The van der Waals surface area contributed by atoms with Gasteiger partial charge in [-0.05, 0) is 29.5 Å². The third-order valence-electron chi connectivity index (χ3n) is 3.38. The molecule has 1 nitrogen and oxygen atoms in total. The zero-order chi connectivity index (χ0) is 12.8. The van der Waals surface area contributed by atoms with E-state index in [1.165, 1.54) is 5.56 Å². The maximum absolute atomic E-state index is 12.9. The minimum atomic E-state index is -0.159. The first-order chi connectivity index (χ1) is 8.04. The van der Waals surface area contributed by atoms with Crippen molar-refractivity contribution in [2.45, 2.75) is 46.1 Å². The van der Waals surface area contributed by atoms with Gasteiger partial charge in [0.25, 0.3) is 0 Å². The minimum Gasteiger partial charge on any atom is -0.314 e. The van der Waals surface area contributed by atoms with E-state index in [0.29, 0.717) is 17.9 Å². The normalized spacial score (nSPS) is 14.9. The molecular weight excluding hydrogens is 213 g/mol. The highest BCUT2D eigenvalue weighted by atomic mass is 19.1. The van der Waals surface area contributed by atoms with E-state index in [4.69, 9.17) is 0 Å². The number of nitrogens with one attached hydrogen (secondary N) is 1. The lowest BCUT2D eigenvalue weighted by Crippen LogP contribution is -2.30. The van der Waals surface area contributed by atoms with Gasteiger partial charge in [0.15, 0.2) is 0 Å². The average molecular weight is 237 g/mol. The Bertz CT molecular complexity index is 318. The summed E-state index contributed by atoms with van der Waals surface area (Å²) in [5.74, 6) is 0.906. The van der Waals surface area contributed by atoms with Crippen molar-refractivity contribution >= 4 is 0 Å². The summed E-state index contributed by atoms with van der Waals surface area (Å²) in [6, 6.07) is 7.42. The molecule has 2 unspecified atom stereocenters. The first-order valence-corrected chi connectivity index (χ1v) is 6.53. The molecule has 1 aromatic carbocycles. The topological polar surface area (TPSA) is 12.0 Å². The Kier molecular flexibility index (Phi) is 5.63. The summed E-state index contributed by atoms with van der Waals surface area (Å²) in [6.07, 6.45) is 1.14. The molecule has 0 spiro atoms. The van der Waals surface area contributed by atoms with E-state index in [9.17, 15) is 4.39 Å². The Morgan fingerprint density at radius 3 is 2.18 bits per heavy atom. The SMILES string of the molecule is CCC(C)C(CNC(C)C)c1ccc(F)cc1. The van der Waals surface area contributed by atoms with Gasteiger partial charge >= 0.3 is 0 Å². The molecule has 2 atom stereocenters. The first kappa shape index (κ1) is 14.2. The molecule has 17 heavy (non-hydrogen) atoms. The third kappa shape index (κ3) is 4.47. The molecule has 0 bridgehead atoms. The van der Waals surface area contributed by atoms with E-state index in [1.807, 2.05) is 12.1 Å². The predicted octanol–water partition coefficient (Wildman–Crippen LogP) is 3.95. The van der Waals surface area contributed by atoms with Crippen LogP contribution in [0.3, 0.4) is 0 Å². The van der Waals surface area contributed by atoms with Crippen LogP contribution in [-0.2, 0) is 0 Å². The summed E-state index contributed by atoms with van der Waals surface area (Å²) in [5.41, 5.74) is 1.23. The monoisotopic (exact) mass is 237 g/mol. The molecule has 0 aliphatic heterocycles. The fraction of sp³-hybridized carbons (Fsp3) is 0.600. The van der Waals surface area contributed by atoms with E-state index in [-0.39, 0.29) is 5.82 Å². The number of halogens is 1. The van der Waals surface area contributed by atoms with Crippen LogP contribution in [0.1, 0.15) is 45.6 Å². The Morgan fingerprint density at radius 1 is 1.12 bits per heavy atom. The lowest BCUT2D eigenvalue weighted by Gasteiger charge is -2.25. The van der Waals surface area contributed by atoms with Crippen molar-refractivity contribution in [2.75, 3.05) is 6.54 Å². The smallest absolute Gasteiger partial charge is 0.123 e. The summed E-state index contributed by atoms with van der Waals surface area (Å²) in [4.78, 5) is 0. The van der Waals surface area contributed by atoms with Crippen LogP contribution in [0.15, 0.2) is 24.3 Å². The molecule has 2 heteroatoms. The van der Waals surface area contributed by atoms with E-state index in [1.54, 1.807) is 12.1 Å². The standard InChI is InChI=1S/C15H24FN/c1-5-12(4)15(10-17-11(2)3)13-6-8-14(16)9-7-13/h6-9,11-12,15,17H,5,10H2,1-4H3. The van der Waals surface area contributed by atoms with Gasteiger partial charge in [0.1, 0.15) is 5.82 Å². The molecule has 1 rings (SSSR count). The Balaban J connectivity index is 2.78. The van der Waals surface area contributed by atoms with E-state index in [0.717, 1.165) is 13.0 Å². The fourth-order valence-corrected chi connectivity index (χ4v) is 2.00. The molecule has 0 aromatic heterocycles. The molecule has 0 saturated heterocycles. The number of benzene rings is 1. The van der Waals surface area contributed by atoms with Crippen LogP contribution in [0.25, 0.3) is 0 Å². The zero-order valence-corrected chi connectivity index (χ0v) is 11.3. The Hall–Kier alpha value is -0.890. The van der Waals surface area contributed by atoms with Gasteiger partial charge in [-0.15, -0.1) is 0 Å². The van der Waals surface area contributed by atoms with Gasteiger partial charge in [0.05, 0.1) is 0 Å². The van der Waals surface area contributed by atoms with Gasteiger partial charge in [-0.3, -0.25) is 0 Å². The van der Waals surface area contributed by atoms with Crippen LogP contribution in [-0.4, -0.2) is 12.6 Å². The highest BCUT2D eigenvalue weighted by Gasteiger charge is 2.18. The van der Waals surface area contributed by atoms with Crippen molar-refractivity contribution in [3.8, 4) is 0 Å². The highest BCUT2D eigenvalue weighted by molar-refractivity contribution is 5.21. The van der Waals surface area contributed by atoms with Gasteiger partial charge in [0, 0.05) is 12.6 Å². The van der Waals surface area contributed by atoms with E-state index < -0.39 is 0 Å². The molecule has 1 N–H and O–H groups in total. The van der Waals surface area contributed by atoms with Gasteiger partial charge < -0.3 is 5.32 Å². The summed E-state index contributed by atoms with van der Waals surface area (Å²) < 4.78 is 12.9. The Labute approximate surface area is 104 Å². The van der Waals surface area contributed by atoms with Crippen LogP contribution in [0, 0.1) is 11.7 Å². The van der Waals surface area contributed by atoms with E-state index in [2.05, 4.69) is 33.0 Å². The van der Waals surface area contributed by atoms with Crippen LogP contribution < -0.4 is 5.32 Å². The molecule has 0 heterocycles. The second-order valence-electron chi connectivity index (χ2n) is 5.11. The fourth-order valence-electron chi connectivity index (χ4n) is 2.00. The maximum Gasteiger partial charge on any atom is 0.123 e. The van der Waals surface area contributed by atoms with Gasteiger partial charge in [-0.2, -0.15) is 0 Å². The van der Waals surface area contributed by atoms with Gasteiger partial charge in [0.2, 0.25) is 0 Å². The summed E-state index contributed by atoms with van der Waals surface area (Å²) in [5, 5.41) is 3.48. The molecule has 0 aliphatic rings. The Morgan fingerprint density at radius 2 is 1.71 bits per heavy atom. The third-order valence-corrected chi connectivity index (χ3v) is 3.38. The van der Waals surface area contributed by atoms with Crippen molar-refractivity contribution in [3.05, 3.63) is 35.6 Å².